The van der Waals surface area contributed by atoms with E-state index in [1.807, 2.05) is 6.92 Å². The Bertz CT molecular complexity index is 900. The summed E-state index contributed by atoms with van der Waals surface area (Å²) in [7, 11) is 0. The number of carbonyl (C=O) groups is 2. The summed E-state index contributed by atoms with van der Waals surface area (Å²) >= 11 is 1.45. The van der Waals surface area contributed by atoms with Crippen LogP contribution in [-0.4, -0.2) is 38.2 Å². The summed E-state index contributed by atoms with van der Waals surface area (Å²) in [5.74, 6) is 0.374. The molecule has 0 aliphatic rings. The minimum atomic E-state index is -0.193. The molecule has 3 aromatic rings. The van der Waals surface area contributed by atoms with Crippen LogP contribution in [0.1, 0.15) is 28.1 Å². The van der Waals surface area contributed by atoms with E-state index in [0.717, 1.165) is 15.8 Å². The number of fused-ring (bicyclic) bond motifs is 1. The van der Waals surface area contributed by atoms with E-state index in [4.69, 9.17) is 0 Å². The first-order chi connectivity index (χ1) is 11.5. The zero-order valence-electron chi connectivity index (χ0n) is 13.2. The third-order valence-corrected chi connectivity index (χ3v) is 4.22. The molecule has 0 unspecified atom stereocenters. The van der Waals surface area contributed by atoms with Crippen LogP contribution < -0.4 is 10.6 Å². The monoisotopic (exact) mass is 344 g/mol. The first-order valence-corrected chi connectivity index (χ1v) is 8.18. The van der Waals surface area contributed by atoms with Crippen LogP contribution in [0.3, 0.4) is 0 Å². The van der Waals surface area contributed by atoms with E-state index in [1.54, 1.807) is 28.8 Å². The van der Waals surface area contributed by atoms with E-state index in [9.17, 15) is 9.59 Å². The molecule has 8 nitrogen and oxygen atoms in total. The number of aromatic nitrogens is 4. The number of benzene rings is 1. The van der Waals surface area contributed by atoms with Gasteiger partial charge in [-0.1, -0.05) is 17.4 Å². The van der Waals surface area contributed by atoms with Gasteiger partial charge in [-0.05, 0) is 25.1 Å². The van der Waals surface area contributed by atoms with Crippen LogP contribution in [0.4, 0.5) is 5.69 Å². The molecule has 2 heterocycles. The first kappa shape index (κ1) is 16.1. The number of hydrogen-bond donors (Lipinski definition) is 2. The highest BCUT2D eigenvalue weighted by Gasteiger charge is 2.10. The van der Waals surface area contributed by atoms with Gasteiger partial charge in [-0.15, -0.1) is 10.2 Å². The summed E-state index contributed by atoms with van der Waals surface area (Å²) < 4.78 is 1.69. The van der Waals surface area contributed by atoms with Crippen molar-refractivity contribution >= 4 is 33.8 Å². The average Bonchev–Trinajstić information content (AvgIpc) is 3.09. The fourth-order valence-electron chi connectivity index (χ4n) is 2.18. The highest BCUT2D eigenvalue weighted by Crippen LogP contribution is 2.14. The van der Waals surface area contributed by atoms with Gasteiger partial charge in [0.2, 0.25) is 10.9 Å². The number of nitrogens with one attached hydrogen (secondary N) is 2. The number of hydrogen-bond acceptors (Lipinski definition) is 6. The second-order valence-electron chi connectivity index (χ2n) is 5.21. The third-order valence-electron chi connectivity index (χ3n) is 3.26. The summed E-state index contributed by atoms with van der Waals surface area (Å²) in [6.45, 7) is 3.73. The predicted octanol–water partition coefficient (Wildman–Crippen LogP) is 1.43. The fourth-order valence-corrected chi connectivity index (χ4v) is 3.06. The molecule has 2 aromatic heterocycles. The van der Waals surface area contributed by atoms with E-state index >= 15 is 0 Å². The molecule has 2 amide bonds. The van der Waals surface area contributed by atoms with E-state index in [0.29, 0.717) is 24.2 Å². The molecule has 0 fully saturated rings. The molecule has 0 saturated heterocycles. The lowest BCUT2D eigenvalue weighted by molar-refractivity contribution is -0.114. The number of aryl methyl sites for hydroxylation is 1. The molecule has 0 spiro atoms. The molecule has 24 heavy (non-hydrogen) atoms. The molecule has 1 aromatic carbocycles. The van der Waals surface area contributed by atoms with Crippen molar-refractivity contribution in [2.24, 2.45) is 0 Å². The molecule has 0 atom stereocenters. The van der Waals surface area contributed by atoms with E-state index in [-0.39, 0.29) is 11.8 Å². The molecule has 0 bridgehead atoms. The van der Waals surface area contributed by atoms with Gasteiger partial charge < -0.3 is 10.6 Å². The summed E-state index contributed by atoms with van der Waals surface area (Å²) in [6, 6.07) is 6.81. The maximum Gasteiger partial charge on any atom is 0.251 e. The Morgan fingerprint density at radius 3 is 2.88 bits per heavy atom. The van der Waals surface area contributed by atoms with Gasteiger partial charge in [0.1, 0.15) is 5.01 Å². The van der Waals surface area contributed by atoms with Crippen molar-refractivity contribution in [2.75, 3.05) is 11.9 Å². The van der Waals surface area contributed by atoms with Crippen molar-refractivity contribution < 1.29 is 9.59 Å². The summed E-state index contributed by atoms with van der Waals surface area (Å²) in [5.41, 5.74) is 1.09. The Morgan fingerprint density at radius 1 is 1.29 bits per heavy atom. The second-order valence-corrected chi connectivity index (χ2v) is 6.25. The van der Waals surface area contributed by atoms with Crippen LogP contribution in [-0.2, 0) is 11.2 Å². The molecule has 0 saturated carbocycles. The molecule has 0 radical (unpaired) electrons. The van der Waals surface area contributed by atoms with Gasteiger partial charge >= 0.3 is 0 Å². The van der Waals surface area contributed by atoms with E-state index in [2.05, 4.69) is 25.9 Å². The van der Waals surface area contributed by atoms with Gasteiger partial charge in [0.25, 0.3) is 5.91 Å². The van der Waals surface area contributed by atoms with Crippen molar-refractivity contribution in [2.45, 2.75) is 20.3 Å². The molecule has 3 rings (SSSR count). The summed E-state index contributed by atoms with van der Waals surface area (Å²) in [5, 5.41) is 18.7. The highest BCUT2D eigenvalue weighted by molar-refractivity contribution is 7.16. The first-order valence-electron chi connectivity index (χ1n) is 7.36. The standard InChI is InChI=1S/C15H16N6O2S/c1-9-18-19-15-21(9)20-13(24-15)6-7-16-14(23)11-4-3-5-12(8-11)17-10(2)22/h3-5,8H,6-7H2,1-2H3,(H,16,23)(H,17,22). The highest BCUT2D eigenvalue weighted by atomic mass is 32.1. The van der Waals surface area contributed by atoms with Gasteiger partial charge in [0, 0.05) is 31.1 Å². The molecule has 0 aliphatic carbocycles. The normalized spacial score (nSPS) is 10.8. The largest absolute Gasteiger partial charge is 0.352 e. The number of anilines is 1. The minimum Gasteiger partial charge on any atom is -0.352 e. The van der Waals surface area contributed by atoms with Crippen molar-refractivity contribution in [1.29, 1.82) is 0 Å². The van der Waals surface area contributed by atoms with Crippen LogP contribution >= 0.6 is 11.3 Å². The molecule has 9 heteroatoms. The topological polar surface area (TPSA) is 101 Å². The number of rotatable bonds is 5. The van der Waals surface area contributed by atoms with Crippen LogP contribution in [0.5, 0.6) is 0 Å². The van der Waals surface area contributed by atoms with Crippen LogP contribution in [0.2, 0.25) is 0 Å². The van der Waals surface area contributed by atoms with Crippen molar-refractivity contribution in [1.82, 2.24) is 25.1 Å². The lowest BCUT2D eigenvalue weighted by Gasteiger charge is -2.06. The van der Waals surface area contributed by atoms with E-state index in [1.165, 1.54) is 18.3 Å². The number of amides is 2. The average molecular weight is 344 g/mol. The number of carbonyl (C=O) groups excluding carboxylic acids is 2. The Labute approximate surface area is 141 Å². The molecule has 0 aliphatic heterocycles. The Balaban J connectivity index is 1.58. The van der Waals surface area contributed by atoms with E-state index < -0.39 is 0 Å². The van der Waals surface area contributed by atoms with Crippen molar-refractivity contribution in [3.05, 3.63) is 40.7 Å². The summed E-state index contributed by atoms with van der Waals surface area (Å²) in [4.78, 5) is 24.0. The minimum absolute atomic E-state index is 0.175. The number of nitrogens with zero attached hydrogens (tertiary/aromatic N) is 4. The van der Waals surface area contributed by atoms with Gasteiger partial charge in [-0.3, -0.25) is 9.59 Å². The van der Waals surface area contributed by atoms with Gasteiger partial charge in [0.15, 0.2) is 5.82 Å². The molecular weight excluding hydrogens is 328 g/mol. The Hall–Kier alpha value is -2.81. The van der Waals surface area contributed by atoms with Crippen LogP contribution in [0.15, 0.2) is 24.3 Å². The van der Waals surface area contributed by atoms with Crippen molar-refractivity contribution in [3.63, 3.8) is 0 Å². The smallest absolute Gasteiger partial charge is 0.251 e. The maximum atomic E-state index is 12.2. The van der Waals surface area contributed by atoms with Crippen molar-refractivity contribution in [3.8, 4) is 0 Å². The van der Waals surface area contributed by atoms with Gasteiger partial charge in [0.05, 0.1) is 0 Å². The van der Waals surface area contributed by atoms with Gasteiger partial charge in [-0.2, -0.15) is 9.61 Å². The maximum absolute atomic E-state index is 12.2. The fraction of sp³-hybridized carbons (Fsp3) is 0.267. The third kappa shape index (κ3) is 3.57. The predicted molar refractivity (Wildman–Crippen MR) is 90.2 cm³/mol. The van der Waals surface area contributed by atoms with Gasteiger partial charge in [-0.25, -0.2) is 0 Å². The second kappa shape index (κ2) is 6.75. The molecule has 124 valence electrons. The SMILES string of the molecule is CC(=O)Nc1cccc(C(=O)NCCc2nn3c(C)nnc3s2)c1. The Morgan fingerprint density at radius 2 is 2.12 bits per heavy atom. The zero-order chi connectivity index (χ0) is 17.1. The lowest BCUT2D eigenvalue weighted by atomic mass is 10.2. The van der Waals surface area contributed by atoms with Crippen LogP contribution in [0.25, 0.3) is 4.96 Å². The van der Waals surface area contributed by atoms with Crippen LogP contribution in [0, 0.1) is 6.92 Å². The summed E-state index contributed by atoms with van der Waals surface area (Å²) in [6.07, 6.45) is 0.616. The molecular formula is C15H16N6O2S. The Kier molecular flexibility index (Phi) is 4.52. The molecule has 2 N–H and O–H groups in total. The zero-order valence-corrected chi connectivity index (χ0v) is 14.1. The lowest BCUT2D eigenvalue weighted by Crippen LogP contribution is -2.25. The quantitative estimate of drug-likeness (QED) is 0.729.